The van der Waals surface area contributed by atoms with Gasteiger partial charge in [0.15, 0.2) is 0 Å². The first-order valence-corrected chi connectivity index (χ1v) is 11.6. The normalized spacial score (nSPS) is 19.2. The molecule has 2 aliphatic rings. The van der Waals surface area contributed by atoms with Crippen LogP contribution in [0.25, 0.3) is 10.9 Å². The van der Waals surface area contributed by atoms with Gasteiger partial charge in [-0.1, -0.05) is 18.2 Å². The fraction of sp³-hybridized carbons (Fsp3) is 0.480. The van der Waals surface area contributed by atoms with Crippen molar-refractivity contribution in [3.8, 4) is 0 Å². The molecule has 5 rings (SSSR count). The highest BCUT2D eigenvalue weighted by molar-refractivity contribution is 5.83. The third-order valence-corrected chi connectivity index (χ3v) is 7.00. The molecule has 1 N–H and O–H groups in total. The fourth-order valence-electron chi connectivity index (χ4n) is 5.29. The smallest absolute Gasteiger partial charge is 0.219 e. The molecule has 0 aliphatic carbocycles. The zero-order valence-electron chi connectivity index (χ0n) is 19.3. The van der Waals surface area contributed by atoms with Gasteiger partial charge in [0.1, 0.15) is 11.6 Å². The van der Waals surface area contributed by atoms with E-state index >= 15 is 0 Å². The SMILES string of the molecule is CNc1nc(C2CCCN(Cc3cn(C)c4ccccc34)C2)nc2c1CN(C(C)=O)CC2. The molecule has 0 radical (unpaired) electrons. The van der Waals surface area contributed by atoms with E-state index in [1.165, 1.54) is 16.5 Å². The van der Waals surface area contributed by atoms with Crippen molar-refractivity contribution in [1.29, 1.82) is 0 Å². The summed E-state index contributed by atoms with van der Waals surface area (Å²) in [4.78, 5) is 26.2. The van der Waals surface area contributed by atoms with Gasteiger partial charge in [-0.3, -0.25) is 9.69 Å². The number of aryl methyl sites for hydroxylation is 1. The van der Waals surface area contributed by atoms with Gasteiger partial charge < -0.3 is 14.8 Å². The van der Waals surface area contributed by atoms with Crippen LogP contribution in [0.2, 0.25) is 0 Å². The molecule has 1 fully saturated rings. The van der Waals surface area contributed by atoms with E-state index in [1.54, 1.807) is 6.92 Å². The number of rotatable bonds is 4. The molecule has 1 saturated heterocycles. The maximum Gasteiger partial charge on any atom is 0.219 e. The highest BCUT2D eigenvalue weighted by atomic mass is 16.2. The van der Waals surface area contributed by atoms with Gasteiger partial charge in [-0.25, -0.2) is 9.97 Å². The highest BCUT2D eigenvalue weighted by Gasteiger charge is 2.28. The Kier molecular flexibility index (Phi) is 5.59. The zero-order chi connectivity index (χ0) is 22.2. The molecule has 7 heteroatoms. The van der Waals surface area contributed by atoms with Crippen molar-refractivity contribution in [2.75, 3.05) is 32.0 Å². The molecule has 1 atom stereocenters. The lowest BCUT2D eigenvalue weighted by Gasteiger charge is -2.33. The van der Waals surface area contributed by atoms with Crippen molar-refractivity contribution in [1.82, 2.24) is 24.3 Å². The standard InChI is InChI=1S/C25H32N6O/c1-17(32)31-12-10-22-21(16-31)25(26-2)28-24(27-22)18-7-6-11-30(14-18)15-19-13-29(3)23-9-5-4-8-20(19)23/h4-5,8-9,13,18H,6-7,10-12,14-16H2,1-3H3,(H,26,27,28). The Morgan fingerprint density at radius 3 is 2.88 bits per heavy atom. The minimum absolute atomic E-state index is 0.109. The van der Waals surface area contributed by atoms with Crippen molar-refractivity contribution in [3.05, 3.63) is 53.1 Å². The summed E-state index contributed by atoms with van der Waals surface area (Å²) in [6, 6.07) is 8.64. The van der Waals surface area contributed by atoms with E-state index in [2.05, 4.69) is 52.3 Å². The second-order valence-electron chi connectivity index (χ2n) is 9.15. The first kappa shape index (κ1) is 20.9. The molecule has 32 heavy (non-hydrogen) atoms. The number of likely N-dealkylation sites (tertiary alicyclic amines) is 1. The molecule has 168 valence electrons. The topological polar surface area (TPSA) is 66.3 Å². The van der Waals surface area contributed by atoms with Crippen molar-refractivity contribution < 1.29 is 4.79 Å². The molecule has 0 bridgehead atoms. The van der Waals surface area contributed by atoms with Gasteiger partial charge in [0.2, 0.25) is 5.91 Å². The second kappa shape index (κ2) is 8.54. The lowest BCUT2D eigenvalue weighted by molar-refractivity contribution is -0.129. The van der Waals surface area contributed by atoms with Crippen LogP contribution < -0.4 is 5.32 Å². The molecule has 4 heterocycles. The molecule has 2 aliphatic heterocycles. The summed E-state index contributed by atoms with van der Waals surface area (Å²) in [7, 11) is 4.03. The molecule has 0 spiro atoms. The van der Waals surface area contributed by atoms with Crippen molar-refractivity contribution >= 4 is 22.6 Å². The summed E-state index contributed by atoms with van der Waals surface area (Å²) in [5.74, 6) is 2.27. The van der Waals surface area contributed by atoms with Gasteiger partial charge in [-0.2, -0.15) is 0 Å². The van der Waals surface area contributed by atoms with Crippen LogP contribution in [0.15, 0.2) is 30.5 Å². The predicted molar refractivity (Wildman–Crippen MR) is 127 cm³/mol. The van der Waals surface area contributed by atoms with Crippen LogP contribution in [-0.2, 0) is 31.4 Å². The number of nitrogens with one attached hydrogen (secondary N) is 1. The summed E-state index contributed by atoms with van der Waals surface area (Å²) in [5, 5.41) is 4.60. The van der Waals surface area contributed by atoms with Crippen LogP contribution in [0, 0.1) is 0 Å². The Labute approximate surface area is 189 Å². The molecular formula is C25H32N6O. The summed E-state index contributed by atoms with van der Waals surface area (Å²) in [6.45, 7) is 6.00. The summed E-state index contributed by atoms with van der Waals surface area (Å²) >= 11 is 0. The number of nitrogens with zero attached hydrogens (tertiary/aromatic N) is 5. The summed E-state index contributed by atoms with van der Waals surface area (Å²) in [6.07, 6.45) is 5.34. The number of carbonyl (C=O) groups excluding carboxylic acids is 1. The molecule has 1 unspecified atom stereocenters. The van der Waals surface area contributed by atoms with E-state index in [0.717, 1.165) is 68.3 Å². The number of fused-ring (bicyclic) bond motifs is 2. The quantitative estimate of drug-likeness (QED) is 0.685. The largest absolute Gasteiger partial charge is 0.373 e. The van der Waals surface area contributed by atoms with E-state index in [-0.39, 0.29) is 5.91 Å². The minimum Gasteiger partial charge on any atom is -0.373 e. The Morgan fingerprint density at radius 1 is 1.22 bits per heavy atom. The van der Waals surface area contributed by atoms with E-state index in [1.807, 2.05) is 11.9 Å². The number of anilines is 1. The van der Waals surface area contributed by atoms with Gasteiger partial charge in [0.25, 0.3) is 0 Å². The average molecular weight is 433 g/mol. The third-order valence-electron chi connectivity index (χ3n) is 7.00. The highest BCUT2D eigenvalue weighted by Crippen LogP contribution is 2.31. The fourth-order valence-corrected chi connectivity index (χ4v) is 5.29. The average Bonchev–Trinajstić information content (AvgIpc) is 3.13. The third kappa shape index (κ3) is 3.86. The lowest BCUT2D eigenvalue weighted by atomic mass is 9.95. The van der Waals surface area contributed by atoms with Crippen LogP contribution in [-0.4, -0.2) is 56.9 Å². The minimum atomic E-state index is 0.109. The Balaban J connectivity index is 1.37. The van der Waals surface area contributed by atoms with E-state index in [0.29, 0.717) is 12.5 Å². The lowest BCUT2D eigenvalue weighted by Crippen LogP contribution is -2.37. The van der Waals surface area contributed by atoms with Gasteiger partial charge in [-0.15, -0.1) is 0 Å². The number of benzene rings is 1. The predicted octanol–water partition coefficient (Wildman–Crippen LogP) is 3.29. The van der Waals surface area contributed by atoms with Gasteiger partial charge in [-0.05, 0) is 31.0 Å². The zero-order valence-corrected chi connectivity index (χ0v) is 19.3. The van der Waals surface area contributed by atoms with Gasteiger partial charge >= 0.3 is 0 Å². The molecule has 2 aromatic heterocycles. The molecule has 0 saturated carbocycles. The first-order valence-electron chi connectivity index (χ1n) is 11.6. The molecular weight excluding hydrogens is 400 g/mol. The number of hydrogen-bond acceptors (Lipinski definition) is 5. The monoisotopic (exact) mass is 432 g/mol. The molecule has 7 nitrogen and oxygen atoms in total. The van der Waals surface area contributed by atoms with Gasteiger partial charge in [0.05, 0.1) is 12.2 Å². The number of amides is 1. The van der Waals surface area contributed by atoms with Crippen LogP contribution in [0.5, 0.6) is 0 Å². The van der Waals surface area contributed by atoms with Crippen LogP contribution in [0.1, 0.15) is 48.3 Å². The van der Waals surface area contributed by atoms with Crippen molar-refractivity contribution in [3.63, 3.8) is 0 Å². The number of carbonyl (C=O) groups is 1. The number of hydrogen-bond donors (Lipinski definition) is 1. The Morgan fingerprint density at radius 2 is 2.06 bits per heavy atom. The molecule has 1 amide bonds. The Bertz CT molecular complexity index is 1140. The maximum absolute atomic E-state index is 11.8. The molecule has 1 aromatic carbocycles. The number of aromatic nitrogens is 3. The summed E-state index contributed by atoms with van der Waals surface area (Å²) < 4.78 is 2.22. The van der Waals surface area contributed by atoms with Crippen LogP contribution in [0.4, 0.5) is 5.82 Å². The van der Waals surface area contributed by atoms with Gasteiger partial charge in [0, 0.05) is 75.7 Å². The number of piperidine rings is 1. The summed E-state index contributed by atoms with van der Waals surface area (Å²) in [5.41, 5.74) is 4.84. The Hall–Kier alpha value is -2.93. The first-order chi connectivity index (χ1) is 15.5. The van der Waals surface area contributed by atoms with E-state index < -0.39 is 0 Å². The molecule has 3 aromatic rings. The van der Waals surface area contributed by atoms with Crippen LogP contribution >= 0.6 is 0 Å². The van der Waals surface area contributed by atoms with Crippen LogP contribution in [0.3, 0.4) is 0 Å². The van der Waals surface area contributed by atoms with Crippen molar-refractivity contribution in [2.45, 2.75) is 45.2 Å². The maximum atomic E-state index is 11.8. The van der Waals surface area contributed by atoms with E-state index in [9.17, 15) is 4.79 Å². The van der Waals surface area contributed by atoms with E-state index in [4.69, 9.17) is 9.97 Å². The second-order valence-corrected chi connectivity index (χ2v) is 9.15. The number of para-hydroxylation sites is 1. The van der Waals surface area contributed by atoms with Crippen molar-refractivity contribution in [2.24, 2.45) is 7.05 Å².